The standard InChI is InChI=1S/C21H24N4O4S3/c1-15(19(26)22-14-17-8-6-12-30-17)31-21-24-23-20(29-21)16-7-5-9-18(13-16)32(27,28)25-10-3-2-4-11-25/h5-9,12-13,15H,2-4,10-11,14H2,1H3,(H,22,26)/t15-/m0/s1. The fraction of sp³-hybridized carbons (Fsp3) is 0.381. The van der Waals surface area contributed by atoms with E-state index in [4.69, 9.17) is 4.42 Å². The molecule has 8 nitrogen and oxygen atoms in total. The second-order valence-electron chi connectivity index (χ2n) is 7.42. The number of benzene rings is 1. The van der Waals surface area contributed by atoms with Gasteiger partial charge in [-0.2, -0.15) is 4.31 Å². The molecule has 1 aliphatic heterocycles. The molecular formula is C21H24N4O4S3. The first-order valence-corrected chi connectivity index (χ1v) is 13.5. The molecule has 4 rings (SSSR count). The minimum absolute atomic E-state index is 0.127. The fourth-order valence-corrected chi connectivity index (χ4v) is 6.27. The molecule has 1 saturated heterocycles. The van der Waals surface area contributed by atoms with E-state index in [2.05, 4.69) is 15.5 Å². The molecule has 1 N–H and O–H groups in total. The zero-order valence-electron chi connectivity index (χ0n) is 17.6. The summed E-state index contributed by atoms with van der Waals surface area (Å²) in [5.41, 5.74) is 0.525. The number of nitrogens with one attached hydrogen (secondary N) is 1. The Morgan fingerprint density at radius 1 is 1.22 bits per heavy atom. The van der Waals surface area contributed by atoms with Crippen LogP contribution in [0.4, 0.5) is 0 Å². The summed E-state index contributed by atoms with van der Waals surface area (Å²) in [5, 5.41) is 12.7. The van der Waals surface area contributed by atoms with Gasteiger partial charge in [-0.05, 0) is 49.4 Å². The van der Waals surface area contributed by atoms with Crippen LogP contribution in [0.3, 0.4) is 0 Å². The number of carbonyl (C=O) groups excluding carboxylic acids is 1. The van der Waals surface area contributed by atoms with Crippen LogP contribution < -0.4 is 5.32 Å². The molecule has 0 spiro atoms. The maximum absolute atomic E-state index is 13.0. The Labute approximate surface area is 195 Å². The van der Waals surface area contributed by atoms with Crippen molar-refractivity contribution in [3.8, 4) is 11.5 Å². The zero-order chi connectivity index (χ0) is 22.6. The van der Waals surface area contributed by atoms with E-state index in [-0.39, 0.29) is 21.9 Å². The number of rotatable bonds is 8. The molecular weight excluding hydrogens is 468 g/mol. The number of aromatic nitrogens is 2. The Bertz CT molecular complexity index is 1160. The molecule has 11 heteroatoms. The van der Waals surface area contributed by atoms with Crippen LogP contribution in [0.5, 0.6) is 0 Å². The first-order chi connectivity index (χ1) is 15.4. The highest BCUT2D eigenvalue weighted by atomic mass is 32.2. The Morgan fingerprint density at radius 3 is 2.78 bits per heavy atom. The molecule has 0 bridgehead atoms. The van der Waals surface area contributed by atoms with Crippen molar-refractivity contribution in [1.82, 2.24) is 19.8 Å². The van der Waals surface area contributed by atoms with Crippen LogP contribution in [0.15, 0.2) is 56.3 Å². The van der Waals surface area contributed by atoms with Crippen molar-refractivity contribution in [1.29, 1.82) is 0 Å². The molecule has 1 aliphatic rings. The van der Waals surface area contributed by atoms with Crippen molar-refractivity contribution in [3.05, 3.63) is 46.7 Å². The van der Waals surface area contributed by atoms with Crippen LogP contribution in [0, 0.1) is 0 Å². The number of thioether (sulfide) groups is 1. The summed E-state index contributed by atoms with van der Waals surface area (Å²) in [6, 6.07) is 10.4. The summed E-state index contributed by atoms with van der Waals surface area (Å²) in [6.07, 6.45) is 2.81. The molecule has 0 aliphatic carbocycles. The number of nitrogens with zero attached hydrogens (tertiary/aromatic N) is 3. The number of amides is 1. The molecule has 0 radical (unpaired) electrons. The van der Waals surface area contributed by atoms with Crippen molar-refractivity contribution in [2.75, 3.05) is 13.1 Å². The number of hydrogen-bond acceptors (Lipinski definition) is 8. The average molecular weight is 493 g/mol. The lowest BCUT2D eigenvalue weighted by Gasteiger charge is -2.25. The third-order valence-electron chi connectivity index (χ3n) is 5.10. The normalized spacial score (nSPS) is 16.0. The van der Waals surface area contributed by atoms with Crippen LogP contribution in [0.2, 0.25) is 0 Å². The van der Waals surface area contributed by atoms with Gasteiger partial charge < -0.3 is 9.73 Å². The van der Waals surface area contributed by atoms with Crippen molar-refractivity contribution in [2.24, 2.45) is 0 Å². The summed E-state index contributed by atoms with van der Waals surface area (Å²) in [5.74, 6) is 0.0900. The lowest BCUT2D eigenvalue weighted by atomic mass is 10.2. The number of carbonyl (C=O) groups is 1. The smallest absolute Gasteiger partial charge is 0.277 e. The molecule has 32 heavy (non-hydrogen) atoms. The lowest BCUT2D eigenvalue weighted by molar-refractivity contribution is -0.120. The summed E-state index contributed by atoms with van der Waals surface area (Å²) in [6.45, 7) is 3.33. The molecule has 1 fully saturated rings. The highest BCUT2D eigenvalue weighted by molar-refractivity contribution is 8.00. The van der Waals surface area contributed by atoms with E-state index < -0.39 is 15.3 Å². The first kappa shape index (κ1) is 23.0. The minimum Gasteiger partial charge on any atom is -0.411 e. The van der Waals surface area contributed by atoms with Gasteiger partial charge in [0.25, 0.3) is 5.22 Å². The van der Waals surface area contributed by atoms with Crippen molar-refractivity contribution in [2.45, 2.75) is 48.1 Å². The van der Waals surface area contributed by atoms with Crippen molar-refractivity contribution in [3.63, 3.8) is 0 Å². The van der Waals surface area contributed by atoms with E-state index in [0.717, 1.165) is 35.9 Å². The van der Waals surface area contributed by atoms with Gasteiger partial charge in [0.1, 0.15) is 0 Å². The van der Waals surface area contributed by atoms with Gasteiger partial charge in [-0.15, -0.1) is 21.5 Å². The number of thiophene rings is 1. The second kappa shape index (κ2) is 10.2. The quantitative estimate of drug-likeness (QED) is 0.477. The fourth-order valence-electron chi connectivity index (χ4n) is 3.35. The summed E-state index contributed by atoms with van der Waals surface area (Å²) < 4.78 is 33.1. The number of sulfonamides is 1. The molecule has 3 aromatic rings. The van der Waals surface area contributed by atoms with Gasteiger partial charge in [-0.1, -0.05) is 30.3 Å². The molecule has 3 heterocycles. The Balaban J connectivity index is 1.42. The third kappa shape index (κ3) is 5.40. The van der Waals surface area contributed by atoms with Crippen molar-refractivity contribution < 1.29 is 17.6 Å². The topological polar surface area (TPSA) is 105 Å². The van der Waals surface area contributed by atoms with Crippen LogP contribution in [-0.4, -0.2) is 47.2 Å². The predicted octanol–water partition coefficient (Wildman–Crippen LogP) is 3.77. The second-order valence-corrected chi connectivity index (χ2v) is 11.7. The number of piperidine rings is 1. The first-order valence-electron chi connectivity index (χ1n) is 10.3. The average Bonchev–Trinajstić information content (AvgIpc) is 3.50. The lowest BCUT2D eigenvalue weighted by Crippen LogP contribution is -2.35. The van der Waals surface area contributed by atoms with E-state index >= 15 is 0 Å². The monoisotopic (exact) mass is 492 g/mol. The summed E-state index contributed by atoms with van der Waals surface area (Å²) >= 11 is 2.75. The van der Waals surface area contributed by atoms with E-state index in [0.29, 0.717) is 25.2 Å². The van der Waals surface area contributed by atoms with E-state index in [1.165, 1.54) is 4.31 Å². The van der Waals surface area contributed by atoms with E-state index in [1.807, 2.05) is 17.5 Å². The Hall–Kier alpha value is -2.21. The maximum Gasteiger partial charge on any atom is 0.277 e. The molecule has 1 atom stereocenters. The molecule has 1 aromatic carbocycles. The Morgan fingerprint density at radius 2 is 2.03 bits per heavy atom. The van der Waals surface area contributed by atoms with Crippen LogP contribution >= 0.6 is 23.1 Å². The highest BCUT2D eigenvalue weighted by Crippen LogP contribution is 2.29. The van der Waals surface area contributed by atoms with Crippen LogP contribution in [0.1, 0.15) is 31.1 Å². The van der Waals surface area contributed by atoms with Gasteiger partial charge in [0.15, 0.2) is 0 Å². The van der Waals surface area contributed by atoms with E-state index in [9.17, 15) is 13.2 Å². The van der Waals surface area contributed by atoms with Gasteiger partial charge >= 0.3 is 0 Å². The number of hydrogen-bond donors (Lipinski definition) is 1. The molecule has 0 saturated carbocycles. The van der Waals surface area contributed by atoms with Gasteiger partial charge in [0.2, 0.25) is 21.8 Å². The SMILES string of the molecule is C[C@H](Sc1nnc(-c2cccc(S(=O)(=O)N3CCCCC3)c2)o1)C(=O)NCc1cccs1. The van der Waals surface area contributed by atoms with Gasteiger partial charge in [0.05, 0.1) is 16.7 Å². The molecule has 1 amide bonds. The van der Waals surface area contributed by atoms with Crippen molar-refractivity contribution >= 4 is 39.0 Å². The summed E-state index contributed by atoms with van der Waals surface area (Å²) in [4.78, 5) is 13.6. The molecule has 0 unspecified atom stereocenters. The van der Waals surface area contributed by atoms with Crippen LogP contribution in [0.25, 0.3) is 11.5 Å². The highest BCUT2D eigenvalue weighted by Gasteiger charge is 2.26. The third-order valence-corrected chi connectivity index (χ3v) is 8.81. The van der Waals surface area contributed by atoms with Gasteiger partial charge in [-0.3, -0.25) is 4.79 Å². The van der Waals surface area contributed by atoms with E-state index in [1.54, 1.807) is 42.5 Å². The maximum atomic E-state index is 13.0. The Kier molecular flexibility index (Phi) is 7.29. The molecule has 170 valence electrons. The minimum atomic E-state index is -3.55. The van der Waals surface area contributed by atoms with Gasteiger partial charge in [0, 0.05) is 23.5 Å². The zero-order valence-corrected chi connectivity index (χ0v) is 20.0. The molecule has 2 aromatic heterocycles. The van der Waals surface area contributed by atoms with Gasteiger partial charge in [-0.25, -0.2) is 8.42 Å². The largest absolute Gasteiger partial charge is 0.411 e. The predicted molar refractivity (Wildman–Crippen MR) is 124 cm³/mol. The summed E-state index contributed by atoms with van der Waals surface area (Å²) in [7, 11) is -3.55. The van der Waals surface area contributed by atoms with Crippen LogP contribution in [-0.2, 0) is 21.4 Å².